The molecule has 0 unspecified atom stereocenters. The molecule has 1 aliphatic heterocycles. The van der Waals surface area contributed by atoms with Gasteiger partial charge >= 0.3 is 5.97 Å². The first-order valence-corrected chi connectivity index (χ1v) is 13.6. The van der Waals surface area contributed by atoms with Crippen LogP contribution < -0.4 is 10.6 Å². The van der Waals surface area contributed by atoms with Crippen molar-refractivity contribution >= 4 is 40.4 Å². The van der Waals surface area contributed by atoms with Crippen molar-refractivity contribution in [2.75, 3.05) is 31.6 Å². The van der Waals surface area contributed by atoms with Gasteiger partial charge in [-0.15, -0.1) is 0 Å². The predicted octanol–water partition coefficient (Wildman–Crippen LogP) is 3.55. The van der Waals surface area contributed by atoms with Crippen molar-refractivity contribution < 1.29 is 23.5 Å². The average Bonchev–Trinajstić information content (AvgIpc) is 3.24. The minimum absolute atomic E-state index is 0.131. The Kier molecular flexibility index (Phi) is 9.94. The molecule has 11 heteroatoms. The lowest BCUT2D eigenvalue weighted by atomic mass is 10.1. The van der Waals surface area contributed by atoms with E-state index >= 15 is 0 Å². The number of aliphatic imine (C=N–C) groups is 1. The first-order chi connectivity index (χ1) is 19.9. The summed E-state index contributed by atoms with van der Waals surface area (Å²) in [7, 11) is 0. The fraction of sp³-hybridized carbons (Fsp3) is 0.367. The SMILES string of the molecule is CCOC(=O)CN(Cc1ccccc1)C(=O)CN1CCCC[C@H](N=C(NC#N)Nc2ccc3oc(C)cc3c2)C1=O. The largest absolute Gasteiger partial charge is 0.465 e. The topological polar surface area (TPSA) is 140 Å². The van der Waals surface area contributed by atoms with Gasteiger partial charge in [-0.25, -0.2) is 4.99 Å². The highest BCUT2D eigenvalue weighted by Gasteiger charge is 2.30. The van der Waals surface area contributed by atoms with E-state index in [1.54, 1.807) is 13.0 Å². The highest BCUT2D eigenvalue weighted by Crippen LogP contribution is 2.23. The summed E-state index contributed by atoms with van der Waals surface area (Å²) in [6.07, 6.45) is 3.76. The molecule has 1 atom stereocenters. The molecule has 2 heterocycles. The van der Waals surface area contributed by atoms with E-state index in [1.807, 2.05) is 61.6 Å². The average molecular weight is 559 g/mol. The Morgan fingerprint density at radius 3 is 2.76 bits per heavy atom. The number of aryl methyl sites for hydroxylation is 1. The van der Waals surface area contributed by atoms with Crippen LogP contribution in [-0.2, 0) is 25.7 Å². The lowest BCUT2D eigenvalue weighted by molar-refractivity contribution is -0.150. The molecular formula is C30H34N6O5. The molecular weight excluding hydrogens is 524 g/mol. The molecule has 2 aromatic carbocycles. The van der Waals surface area contributed by atoms with Crippen molar-refractivity contribution in [3.8, 4) is 6.19 Å². The maximum absolute atomic E-state index is 13.6. The van der Waals surface area contributed by atoms with Gasteiger partial charge in [-0.05, 0) is 62.9 Å². The van der Waals surface area contributed by atoms with Gasteiger partial charge in [0.25, 0.3) is 0 Å². The second kappa shape index (κ2) is 14.0. The minimum Gasteiger partial charge on any atom is -0.465 e. The number of carbonyl (C=O) groups is 3. The first-order valence-electron chi connectivity index (χ1n) is 13.6. The van der Waals surface area contributed by atoms with Crippen molar-refractivity contribution in [1.29, 1.82) is 5.26 Å². The number of nitrogens with one attached hydrogen (secondary N) is 2. The Morgan fingerprint density at radius 1 is 1.20 bits per heavy atom. The zero-order chi connectivity index (χ0) is 29.2. The van der Waals surface area contributed by atoms with Crippen molar-refractivity contribution in [2.24, 2.45) is 4.99 Å². The van der Waals surface area contributed by atoms with Gasteiger partial charge < -0.3 is 24.3 Å². The van der Waals surface area contributed by atoms with Crippen LogP contribution in [0.5, 0.6) is 0 Å². The van der Waals surface area contributed by atoms with Crippen molar-refractivity contribution in [1.82, 2.24) is 15.1 Å². The Bertz CT molecular complexity index is 1440. The van der Waals surface area contributed by atoms with Crippen molar-refractivity contribution in [3.05, 3.63) is 65.9 Å². The maximum atomic E-state index is 13.6. The lowest BCUT2D eigenvalue weighted by Gasteiger charge is -2.27. The summed E-state index contributed by atoms with van der Waals surface area (Å²) in [6.45, 7) is 3.97. The number of carbonyl (C=O) groups excluding carboxylic acids is 3. The fourth-order valence-electron chi connectivity index (χ4n) is 4.72. The zero-order valence-electron chi connectivity index (χ0n) is 23.3. The molecule has 1 fully saturated rings. The molecule has 1 aliphatic rings. The molecule has 1 saturated heterocycles. The molecule has 2 N–H and O–H groups in total. The quantitative estimate of drug-likeness (QED) is 0.134. The Labute approximate surface area is 238 Å². The second-order valence-corrected chi connectivity index (χ2v) is 9.76. The van der Waals surface area contributed by atoms with Crippen LogP contribution in [0.25, 0.3) is 11.0 Å². The molecule has 0 saturated carbocycles. The van der Waals surface area contributed by atoms with Crippen LogP contribution in [0, 0.1) is 18.4 Å². The van der Waals surface area contributed by atoms with Crippen LogP contribution in [0.1, 0.15) is 37.5 Å². The summed E-state index contributed by atoms with van der Waals surface area (Å²) < 4.78 is 10.7. The highest BCUT2D eigenvalue weighted by atomic mass is 16.5. The normalized spacial score (nSPS) is 15.6. The number of esters is 1. The molecule has 2 amide bonds. The van der Waals surface area contributed by atoms with E-state index < -0.39 is 12.0 Å². The van der Waals surface area contributed by atoms with Gasteiger partial charge in [-0.2, -0.15) is 5.26 Å². The van der Waals surface area contributed by atoms with Crippen molar-refractivity contribution in [3.63, 3.8) is 0 Å². The third kappa shape index (κ3) is 8.08. The van der Waals surface area contributed by atoms with Gasteiger partial charge in [-0.3, -0.25) is 19.7 Å². The number of nitrogens with zero attached hydrogens (tertiary/aromatic N) is 4. The number of amides is 2. The first kappa shape index (κ1) is 29.1. The summed E-state index contributed by atoms with van der Waals surface area (Å²) in [6, 6.07) is 15.9. The molecule has 0 spiro atoms. The van der Waals surface area contributed by atoms with Crippen LogP contribution in [0.3, 0.4) is 0 Å². The number of likely N-dealkylation sites (tertiary alicyclic amines) is 1. The summed E-state index contributed by atoms with van der Waals surface area (Å²) >= 11 is 0. The molecule has 3 aromatic rings. The molecule has 11 nitrogen and oxygen atoms in total. The molecule has 214 valence electrons. The number of rotatable bonds is 9. The number of ether oxygens (including phenoxy) is 1. The van der Waals surface area contributed by atoms with Crippen LogP contribution in [0.2, 0.25) is 0 Å². The smallest absolute Gasteiger partial charge is 0.325 e. The van der Waals surface area contributed by atoms with E-state index in [4.69, 9.17) is 9.15 Å². The van der Waals surface area contributed by atoms with E-state index in [-0.39, 0.29) is 44.0 Å². The van der Waals surface area contributed by atoms with Crippen LogP contribution in [0.15, 0.2) is 64.0 Å². The third-order valence-electron chi connectivity index (χ3n) is 6.63. The van der Waals surface area contributed by atoms with Crippen molar-refractivity contribution in [2.45, 2.75) is 45.7 Å². The summed E-state index contributed by atoms with van der Waals surface area (Å²) in [5.74, 6) is -0.275. The van der Waals surface area contributed by atoms with Gasteiger partial charge in [-0.1, -0.05) is 30.3 Å². The van der Waals surface area contributed by atoms with Crippen LogP contribution >= 0.6 is 0 Å². The van der Waals surface area contributed by atoms with Gasteiger partial charge in [0.1, 0.15) is 23.9 Å². The Balaban J connectivity index is 1.49. The molecule has 0 radical (unpaired) electrons. The standard InChI is InChI=1S/C30H34N6O5/c1-3-40-28(38)19-36(17-22-9-5-4-6-10-22)27(37)18-35-14-8-7-11-25(29(35)39)34-30(32-20-31)33-24-12-13-26-23(16-24)15-21(2)41-26/h4-6,9-10,12-13,15-16,25H,3,7-8,11,14,17-19H2,1-2H3,(H2,32,33,34)/t25-/m0/s1. The van der Waals surface area contributed by atoms with Crippen LogP contribution in [0.4, 0.5) is 5.69 Å². The molecule has 41 heavy (non-hydrogen) atoms. The van der Waals surface area contributed by atoms with Gasteiger partial charge in [0.15, 0.2) is 6.19 Å². The molecule has 4 rings (SSSR count). The summed E-state index contributed by atoms with van der Waals surface area (Å²) in [4.78, 5) is 46.7. The van der Waals surface area contributed by atoms with Gasteiger partial charge in [0.05, 0.1) is 13.2 Å². The van der Waals surface area contributed by atoms with Crippen LogP contribution in [-0.4, -0.2) is 65.8 Å². The monoisotopic (exact) mass is 558 g/mol. The Hall–Kier alpha value is -4.85. The number of benzene rings is 2. The van der Waals surface area contributed by atoms with E-state index in [0.717, 1.165) is 28.7 Å². The number of furan rings is 1. The van der Waals surface area contributed by atoms with E-state index in [1.165, 1.54) is 9.80 Å². The van der Waals surface area contributed by atoms with E-state index in [0.29, 0.717) is 25.1 Å². The zero-order valence-corrected chi connectivity index (χ0v) is 23.3. The number of nitriles is 1. The third-order valence-corrected chi connectivity index (χ3v) is 6.63. The van der Waals surface area contributed by atoms with E-state index in [2.05, 4.69) is 15.6 Å². The molecule has 1 aromatic heterocycles. The van der Waals surface area contributed by atoms with Gasteiger partial charge in [0.2, 0.25) is 17.8 Å². The highest BCUT2D eigenvalue weighted by molar-refractivity contribution is 5.98. The number of hydrogen-bond donors (Lipinski definition) is 2. The maximum Gasteiger partial charge on any atom is 0.325 e. The fourth-order valence-corrected chi connectivity index (χ4v) is 4.72. The predicted molar refractivity (Wildman–Crippen MR) is 153 cm³/mol. The number of fused-ring (bicyclic) bond motifs is 1. The number of hydrogen-bond acceptors (Lipinski definition) is 7. The number of guanidine groups is 1. The summed E-state index contributed by atoms with van der Waals surface area (Å²) in [5, 5.41) is 15.8. The molecule has 0 bridgehead atoms. The Morgan fingerprint density at radius 2 is 2.00 bits per heavy atom. The second-order valence-electron chi connectivity index (χ2n) is 9.76. The summed E-state index contributed by atoms with van der Waals surface area (Å²) in [5.41, 5.74) is 2.27. The number of anilines is 1. The van der Waals surface area contributed by atoms with E-state index in [9.17, 15) is 19.6 Å². The van der Waals surface area contributed by atoms with Gasteiger partial charge in [0, 0.05) is 24.2 Å². The minimum atomic E-state index is -0.791. The lowest BCUT2D eigenvalue weighted by Crippen LogP contribution is -2.47. The molecule has 0 aliphatic carbocycles.